The molecule has 2 aromatic carbocycles. The highest BCUT2D eigenvalue weighted by Gasteiger charge is 2.12. The summed E-state index contributed by atoms with van der Waals surface area (Å²) in [5.41, 5.74) is 5.50. The smallest absolute Gasteiger partial charge is 0.258 e. The molecule has 0 aliphatic carbocycles. The van der Waals surface area contributed by atoms with Crippen LogP contribution in [0.5, 0.6) is 5.75 Å². The fraction of sp³-hybridized carbons (Fsp3) is 0.273. The van der Waals surface area contributed by atoms with Crippen LogP contribution in [0.2, 0.25) is 0 Å². The van der Waals surface area contributed by atoms with Gasteiger partial charge in [0, 0.05) is 10.4 Å². The number of nitrogens with one attached hydrogen (secondary N) is 1. The van der Waals surface area contributed by atoms with E-state index in [1.165, 1.54) is 5.56 Å². The topological polar surface area (TPSA) is 51.2 Å². The van der Waals surface area contributed by atoms with Gasteiger partial charge in [-0.05, 0) is 50.5 Å². The van der Waals surface area contributed by atoms with Crippen LogP contribution in [-0.4, -0.2) is 17.5 Å². The van der Waals surface area contributed by atoms with E-state index in [0.29, 0.717) is 6.54 Å². The van der Waals surface area contributed by atoms with Crippen molar-refractivity contribution in [3.63, 3.8) is 0 Å². The third-order valence-electron chi connectivity index (χ3n) is 4.63. The van der Waals surface area contributed by atoms with Crippen LogP contribution in [0.1, 0.15) is 27.3 Å². The number of carbonyl (C=O) groups is 1. The number of carbonyl (C=O) groups excluding carboxylic acids is 1. The molecule has 27 heavy (non-hydrogen) atoms. The first kappa shape index (κ1) is 19.1. The van der Waals surface area contributed by atoms with Gasteiger partial charge in [-0.15, -0.1) is 11.3 Å². The molecule has 1 heterocycles. The molecule has 0 unspecified atom stereocenters. The van der Waals surface area contributed by atoms with E-state index in [-0.39, 0.29) is 12.5 Å². The molecule has 3 rings (SSSR count). The van der Waals surface area contributed by atoms with Gasteiger partial charge in [0.1, 0.15) is 10.8 Å². The number of nitrogens with zero attached hydrogens (tertiary/aromatic N) is 1. The maximum atomic E-state index is 12.2. The van der Waals surface area contributed by atoms with Gasteiger partial charge in [0.05, 0.1) is 12.2 Å². The second kappa shape index (κ2) is 8.35. The fourth-order valence-electron chi connectivity index (χ4n) is 2.77. The monoisotopic (exact) mass is 380 g/mol. The van der Waals surface area contributed by atoms with Gasteiger partial charge in [-0.2, -0.15) is 0 Å². The minimum Gasteiger partial charge on any atom is -0.483 e. The summed E-state index contributed by atoms with van der Waals surface area (Å²) in [6, 6.07) is 14.1. The Morgan fingerprint density at radius 1 is 1.04 bits per heavy atom. The molecular formula is C22H24N2O2S. The largest absolute Gasteiger partial charge is 0.483 e. The molecule has 5 heteroatoms. The molecule has 4 nitrogen and oxygen atoms in total. The molecule has 0 radical (unpaired) electrons. The molecule has 1 aromatic heterocycles. The Kier molecular flexibility index (Phi) is 5.91. The number of benzene rings is 2. The summed E-state index contributed by atoms with van der Waals surface area (Å²) in [5.74, 6) is 0.613. The standard InChI is InChI=1S/C22H24N2O2S/c1-14-9-7-11-19(16(14)3)26-13-21(25)23-12-20-17(4)24-22(27-20)18-10-6-5-8-15(18)2/h5-11H,12-13H2,1-4H3,(H,23,25). The van der Waals surface area contributed by atoms with Crippen LogP contribution in [0.4, 0.5) is 0 Å². The van der Waals surface area contributed by atoms with Crippen LogP contribution in [0.3, 0.4) is 0 Å². The van der Waals surface area contributed by atoms with Crippen LogP contribution in [-0.2, 0) is 11.3 Å². The van der Waals surface area contributed by atoms with Gasteiger partial charge < -0.3 is 10.1 Å². The maximum Gasteiger partial charge on any atom is 0.258 e. The van der Waals surface area contributed by atoms with Crippen molar-refractivity contribution < 1.29 is 9.53 Å². The molecule has 0 bridgehead atoms. The van der Waals surface area contributed by atoms with Crippen molar-refractivity contribution in [2.45, 2.75) is 34.2 Å². The lowest BCUT2D eigenvalue weighted by Crippen LogP contribution is -2.28. The molecule has 0 atom stereocenters. The van der Waals surface area contributed by atoms with E-state index < -0.39 is 0 Å². The number of aryl methyl sites for hydroxylation is 3. The van der Waals surface area contributed by atoms with Gasteiger partial charge in [-0.25, -0.2) is 4.98 Å². The van der Waals surface area contributed by atoms with Gasteiger partial charge in [-0.3, -0.25) is 4.79 Å². The zero-order chi connectivity index (χ0) is 19.4. The van der Waals surface area contributed by atoms with E-state index in [1.54, 1.807) is 11.3 Å². The molecule has 0 spiro atoms. The summed E-state index contributed by atoms with van der Waals surface area (Å²) in [5, 5.41) is 3.92. The second-order valence-electron chi connectivity index (χ2n) is 6.61. The molecular weight excluding hydrogens is 356 g/mol. The Hall–Kier alpha value is -2.66. The molecule has 0 fully saturated rings. The Bertz CT molecular complexity index is 963. The van der Waals surface area contributed by atoms with E-state index in [1.807, 2.05) is 51.1 Å². The third-order valence-corrected chi connectivity index (χ3v) is 5.82. The number of hydrogen-bond acceptors (Lipinski definition) is 4. The van der Waals surface area contributed by atoms with E-state index in [9.17, 15) is 4.79 Å². The van der Waals surface area contributed by atoms with E-state index >= 15 is 0 Å². The first-order chi connectivity index (χ1) is 13.0. The van der Waals surface area contributed by atoms with Crippen molar-refractivity contribution in [1.82, 2.24) is 10.3 Å². The van der Waals surface area contributed by atoms with Gasteiger partial charge in [0.15, 0.2) is 6.61 Å². The average Bonchev–Trinajstić information content (AvgIpc) is 3.02. The zero-order valence-corrected chi connectivity index (χ0v) is 16.9. The van der Waals surface area contributed by atoms with Crippen molar-refractivity contribution in [3.05, 3.63) is 69.7 Å². The number of ether oxygens (including phenoxy) is 1. The molecule has 140 valence electrons. The predicted octanol–water partition coefficient (Wildman–Crippen LogP) is 4.74. The van der Waals surface area contributed by atoms with E-state index in [2.05, 4.69) is 29.4 Å². The van der Waals surface area contributed by atoms with Crippen LogP contribution in [0.25, 0.3) is 10.6 Å². The van der Waals surface area contributed by atoms with Crippen LogP contribution in [0, 0.1) is 27.7 Å². The number of aromatic nitrogens is 1. The lowest BCUT2D eigenvalue weighted by molar-refractivity contribution is -0.123. The molecule has 0 aliphatic rings. The predicted molar refractivity (Wildman–Crippen MR) is 110 cm³/mol. The molecule has 0 saturated heterocycles. The highest BCUT2D eigenvalue weighted by molar-refractivity contribution is 7.15. The average molecular weight is 381 g/mol. The lowest BCUT2D eigenvalue weighted by atomic mass is 10.1. The third kappa shape index (κ3) is 4.55. The quantitative estimate of drug-likeness (QED) is 0.672. The highest BCUT2D eigenvalue weighted by atomic mass is 32.1. The second-order valence-corrected chi connectivity index (χ2v) is 7.69. The Labute approximate surface area is 164 Å². The Balaban J connectivity index is 1.59. The number of rotatable bonds is 6. The summed E-state index contributed by atoms with van der Waals surface area (Å²) < 4.78 is 5.66. The SMILES string of the molecule is Cc1ccccc1-c1nc(C)c(CNC(=O)COc2cccc(C)c2C)s1. The summed E-state index contributed by atoms with van der Waals surface area (Å²) in [4.78, 5) is 17.9. The molecule has 1 amide bonds. The van der Waals surface area contributed by atoms with Crippen molar-refractivity contribution in [1.29, 1.82) is 0 Å². The lowest BCUT2D eigenvalue weighted by Gasteiger charge is -2.10. The highest BCUT2D eigenvalue weighted by Crippen LogP contribution is 2.30. The maximum absolute atomic E-state index is 12.2. The molecule has 1 N–H and O–H groups in total. The van der Waals surface area contributed by atoms with Gasteiger partial charge in [0.2, 0.25) is 0 Å². The first-order valence-corrected chi connectivity index (χ1v) is 9.75. The van der Waals surface area contributed by atoms with Crippen molar-refractivity contribution in [2.75, 3.05) is 6.61 Å². The minimum absolute atomic E-state index is 0.00674. The van der Waals surface area contributed by atoms with Gasteiger partial charge >= 0.3 is 0 Å². The minimum atomic E-state index is -0.138. The first-order valence-electron chi connectivity index (χ1n) is 8.93. The van der Waals surface area contributed by atoms with Crippen molar-refractivity contribution >= 4 is 17.2 Å². The van der Waals surface area contributed by atoms with Crippen LogP contribution >= 0.6 is 11.3 Å². The van der Waals surface area contributed by atoms with Crippen molar-refractivity contribution in [2.24, 2.45) is 0 Å². The molecule has 0 saturated carbocycles. The normalized spacial score (nSPS) is 10.7. The van der Waals surface area contributed by atoms with E-state index in [0.717, 1.165) is 38.0 Å². The fourth-order valence-corrected chi connectivity index (χ4v) is 3.87. The molecule has 0 aliphatic heterocycles. The Morgan fingerprint density at radius 3 is 2.56 bits per heavy atom. The van der Waals surface area contributed by atoms with Crippen LogP contribution in [0.15, 0.2) is 42.5 Å². The van der Waals surface area contributed by atoms with Gasteiger partial charge in [-0.1, -0.05) is 36.4 Å². The number of hydrogen-bond donors (Lipinski definition) is 1. The number of amides is 1. The summed E-state index contributed by atoms with van der Waals surface area (Å²) in [7, 11) is 0. The summed E-state index contributed by atoms with van der Waals surface area (Å²) >= 11 is 1.62. The van der Waals surface area contributed by atoms with Gasteiger partial charge in [0.25, 0.3) is 5.91 Å². The Morgan fingerprint density at radius 2 is 1.78 bits per heavy atom. The molecule has 3 aromatic rings. The summed E-state index contributed by atoms with van der Waals surface area (Å²) in [6.07, 6.45) is 0. The van der Waals surface area contributed by atoms with Crippen LogP contribution < -0.4 is 10.1 Å². The number of thiazole rings is 1. The van der Waals surface area contributed by atoms with Crippen molar-refractivity contribution in [3.8, 4) is 16.3 Å². The zero-order valence-electron chi connectivity index (χ0n) is 16.1. The van der Waals surface area contributed by atoms with E-state index in [4.69, 9.17) is 4.74 Å². The summed E-state index contributed by atoms with van der Waals surface area (Å²) in [6.45, 7) is 8.55.